The van der Waals surface area contributed by atoms with Gasteiger partial charge in [0.1, 0.15) is 16.8 Å². The molecular weight excluding hydrogens is 620 g/mol. The highest BCUT2D eigenvalue weighted by Gasteiger charge is 2.37. The van der Waals surface area contributed by atoms with E-state index in [0.29, 0.717) is 64.9 Å². The second-order valence-corrected chi connectivity index (χ2v) is 21.4. The van der Waals surface area contributed by atoms with Crippen LogP contribution in [0.5, 0.6) is 0 Å². The van der Waals surface area contributed by atoms with Gasteiger partial charge in [-0.15, -0.1) is 0 Å². The molecule has 4 amide bonds. The van der Waals surface area contributed by atoms with Crippen molar-refractivity contribution in [2.75, 3.05) is 39.3 Å². The molecule has 0 bridgehead atoms. The molecular formula is C34H68N4O8Si. The second-order valence-electron chi connectivity index (χ2n) is 16.6. The predicted octanol–water partition coefficient (Wildman–Crippen LogP) is 6.98. The van der Waals surface area contributed by atoms with Crippen molar-refractivity contribution in [2.24, 2.45) is 5.92 Å². The Balaban J connectivity index is 5.46. The van der Waals surface area contributed by atoms with Crippen LogP contribution < -0.4 is 16.0 Å². The maximum absolute atomic E-state index is 13.5. The van der Waals surface area contributed by atoms with Crippen molar-refractivity contribution in [3.8, 4) is 0 Å². The number of hydrogen-bond acceptors (Lipinski definition) is 8. The van der Waals surface area contributed by atoms with E-state index in [9.17, 15) is 19.2 Å². The molecule has 0 rings (SSSR count). The summed E-state index contributed by atoms with van der Waals surface area (Å²) < 4.78 is 22.7. The number of nitrogens with zero attached hydrogens (tertiary/aromatic N) is 1. The van der Waals surface area contributed by atoms with E-state index < -0.39 is 49.3 Å². The molecule has 1 unspecified atom stereocenters. The molecule has 0 aliphatic carbocycles. The van der Waals surface area contributed by atoms with Crippen LogP contribution >= 0.6 is 0 Å². The van der Waals surface area contributed by atoms with Gasteiger partial charge in [0.15, 0.2) is 8.32 Å². The van der Waals surface area contributed by atoms with Crippen LogP contribution in [0.2, 0.25) is 18.1 Å². The summed E-state index contributed by atoms with van der Waals surface area (Å²) in [5.74, 6) is -0.684. The second kappa shape index (κ2) is 19.5. The van der Waals surface area contributed by atoms with Gasteiger partial charge in [0, 0.05) is 39.3 Å². The third-order valence-corrected chi connectivity index (χ3v) is 11.8. The minimum absolute atomic E-state index is 0.0218. The van der Waals surface area contributed by atoms with Crippen LogP contribution in [0.25, 0.3) is 0 Å². The Hall–Kier alpha value is -2.54. The molecule has 276 valence electrons. The largest absolute Gasteiger partial charge is 0.444 e. The molecule has 0 aliphatic rings. The van der Waals surface area contributed by atoms with E-state index in [2.05, 4.69) is 49.8 Å². The molecule has 0 spiro atoms. The van der Waals surface area contributed by atoms with Crippen molar-refractivity contribution < 1.29 is 37.8 Å². The number of carbonyl (C=O) groups is 4. The smallest absolute Gasteiger partial charge is 0.410 e. The van der Waals surface area contributed by atoms with E-state index in [1.165, 1.54) is 0 Å². The predicted molar refractivity (Wildman–Crippen MR) is 189 cm³/mol. The summed E-state index contributed by atoms with van der Waals surface area (Å²) in [6.07, 6.45) is 1.53. The first kappa shape index (κ1) is 44.5. The lowest BCUT2D eigenvalue weighted by molar-refractivity contribution is -0.126. The minimum Gasteiger partial charge on any atom is -0.444 e. The van der Waals surface area contributed by atoms with Gasteiger partial charge in [-0.3, -0.25) is 4.79 Å². The minimum atomic E-state index is -2.05. The van der Waals surface area contributed by atoms with Crippen molar-refractivity contribution in [2.45, 2.75) is 150 Å². The van der Waals surface area contributed by atoms with Crippen LogP contribution in [0.15, 0.2) is 0 Å². The van der Waals surface area contributed by atoms with E-state index in [4.69, 9.17) is 18.6 Å². The Bertz CT molecular complexity index is 979. The standard InChI is InChI=1S/C34H68N4O8Si/c1-31(2,3)44-28(40)36-21-16-15-20-35-27(39)26(19-24-43-47(13,14)34(10,11)12)25-38(30(42)46-33(7,8)9)23-18-17-22-37-29(41)45-32(4,5)6/h26H,15-25H2,1-14H3,(H,35,39)(H,36,40)(H,37,41). The summed E-state index contributed by atoms with van der Waals surface area (Å²) in [7, 11) is -2.05. The number of nitrogens with one attached hydrogen (secondary N) is 3. The Morgan fingerprint density at radius 3 is 1.49 bits per heavy atom. The molecule has 0 saturated carbocycles. The SMILES string of the molecule is CC(C)(C)OC(=O)NCCCCNC(=O)C(CCO[Si](C)(C)C(C)(C)C)CN(CCCCNC(=O)OC(C)(C)C)C(=O)OC(C)(C)C. The maximum Gasteiger partial charge on any atom is 0.410 e. The van der Waals surface area contributed by atoms with Gasteiger partial charge in [0.25, 0.3) is 0 Å². The van der Waals surface area contributed by atoms with Gasteiger partial charge < -0.3 is 39.5 Å². The number of ether oxygens (including phenoxy) is 3. The molecule has 0 heterocycles. The highest BCUT2D eigenvalue weighted by Crippen LogP contribution is 2.36. The van der Waals surface area contributed by atoms with E-state index >= 15 is 0 Å². The number of alkyl carbamates (subject to hydrolysis) is 2. The summed E-state index contributed by atoms with van der Waals surface area (Å²) in [5.41, 5.74) is -1.85. The Labute approximate surface area is 286 Å². The molecule has 0 aromatic carbocycles. The lowest BCUT2D eigenvalue weighted by Crippen LogP contribution is -2.45. The molecule has 0 aromatic heterocycles. The van der Waals surface area contributed by atoms with Gasteiger partial charge in [0.2, 0.25) is 5.91 Å². The van der Waals surface area contributed by atoms with Gasteiger partial charge in [-0.1, -0.05) is 20.8 Å². The molecule has 0 fully saturated rings. The summed E-state index contributed by atoms with van der Waals surface area (Å²) >= 11 is 0. The first-order valence-electron chi connectivity index (χ1n) is 17.1. The van der Waals surface area contributed by atoms with Crippen molar-refractivity contribution in [1.29, 1.82) is 0 Å². The van der Waals surface area contributed by atoms with Gasteiger partial charge >= 0.3 is 18.3 Å². The third kappa shape index (κ3) is 22.6. The molecule has 1 atom stereocenters. The zero-order chi connectivity index (χ0) is 36.7. The van der Waals surface area contributed by atoms with Crippen LogP contribution in [0, 0.1) is 5.92 Å². The fourth-order valence-electron chi connectivity index (χ4n) is 3.87. The molecule has 3 N–H and O–H groups in total. The molecule has 0 aliphatic heterocycles. The van der Waals surface area contributed by atoms with Crippen LogP contribution in [0.1, 0.15) is 115 Å². The topological polar surface area (TPSA) is 145 Å². The van der Waals surface area contributed by atoms with Crippen molar-refractivity contribution in [3.05, 3.63) is 0 Å². The van der Waals surface area contributed by atoms with E-state index in [-0.39, 0.29) is 17.5 Å². The monoisotopic (exact) mass is 688 g/mol. The van der Waals surface area contributed by atoms with Crippen LogP contribution in [-0.4, -0.2) is 93.5 Å². The van der Waals surface area contributed by atoms with Gasteiger partial charge in [-0.2, -0.15) is 0 Å². The van der Waals surface area contributed by atoms with Crippen molar-refractivity contribution in [3.63, 3.8) is 0 Å². The van der Waals surface area contributed by atoms with Crippen molar-refractivity contribution >= 4 is 32.5 Å². The zero-order valence-electron chi connectivity index (χ0n) is 32.1. The number of rotatable bonds is 17. The van der Waals surface area contributed by atoms with Gasteiger partial charge in [-0.25, -0.2) is 14.4 Å². The molecule has 0 aromatic rings. The van der Waals surface area contributed by atoms with E-state index in [0.717, 1.165) is 0 Å². The average molecular weight is 689 g/mol. The first-order chi connectivity index (χ1) is 21.2. The molecule has 12 nitrogen and oxygen atoms in total. The van der Waals surface area contributed by atoms with Crippen LogP contribution in [0.3, 0.4) is 0 Å². The quantitative estimate of drug-likeness (QED) is 0.0844. The molecule has 47 heavy (non-hydrogen) atoms. The Kier molecular flexibility index (Phi) is 18.4. The fraction of sp³-hybridized carbons (Fsp3) is 0.882. The summed E-state index contributed by atoms with van der Waals surface area (Å²) in [6.45, 7) is 29.3. The van der Waals surface area contributed by atoms with Gasteiger partial charge in [0.05, 0.1) is 5.92 Å². The van der Waals surface area contributed by atoms with Crippen molar-refractivity contribution in [1.82, 2.24) is 20.9 Å². The van der Waals surface area contributed by atoms with E-state index in [1.807, 2.05) is 41.5 Å². The number of unbranched alkanes of at least 4 members (excludes halogenated alkanes) is 2. The Morgan fingerprint density at radius 2 is 1.06 bits per heavy atom. The molecule has 0 saturated heterocycles. The summed E-state index contributed by atoms with van der Waals surface area (Å²) in [5, 5.41) is 8.52. The molecule has 0 radical (unpaired) electrons. The van der Waals surface area contributed by atoms with Gasteiger partial charge in [-0.05, 0) is 113 Å². The summed E-state index contributed by atoms with van der Waals surface area (Å²) in [6, 6.07) is 0. The average Bonchev–Trinajstić information content (AvgIpc) is 2.84. The van der Waals surface area contributed by atoms with Crippen LogP contribution in [0.4, 0.5) is 14.4 Å². The Morgan fingerprint density at radius 1 is 0.638 bits per heavy atom. The zero-order valence-corrected chi connectivity index (χ0v) is 33.1. The highest BCUT2D eigenvalue weighted by molar-refractivity contribution is 6.74. The number of carbonyl (C=O) groups excluding carboxylic acids is 4. The van der Waals surface area contributed by atoms with E-state index in [1.54, 1.807) is 25.7 Å². The highest BCUT2D eigenvalue weighted by atomic mass is 28.4. The normalized spacial score (nSPS) is 13.3. The third-order valence-electron chi connectivity index (χ3n) is 7.29. The lowest BCUT2D eigenvalue weighted by Gasteiger charge is -2.36. The first-order valence-corrected chi connectivity index (χ1v) is 20.0. The fourth-order valence-corrected chi connectivity index (χ4v) is 4.93. The summed E-state index contributed by atoms with van der Waals surface area (Å²) in [4.78, 5) is 52.3. The maximum atomic E-state index is 13.5. The van der Waals surface area contributed by atoms with Crippen LogP contribution in [-0.2, 0) is 23.4 Å². The lowest BCUT2D eigenvalue weighted by atomic mass is 10.0. The number of amides is 4. The number of hydrogen-bond donors (Lipinski definition) is 3. The molecule has 13 heteroatoms.